The molecule has 1 fully saturated rings. The highest BCUT2D eigenvalue weighted by Crippen LogP contribution is 2.59. The van der Waals surface area contributed by atoms with Gasteiger partial charge in [-0.25, -0.2) is 4.39 Å². The van der Waals surface area contributed by atoms with Crippen LogP contribution in [0.2, 0.25) is 18.1 Å². The lowest BCUT2D eigenvalue weighted by Crippen LogP contribution is -2.45. The van der Waals surface area contributed by atoms with Crippen molar-refractivity contribution in [1.82, 2.24) is 4.98 Å². The van der Waals surface area contributed by atoms with Gasteiger partial charge in [-0.3, -0.25) is 4.98 Å². The third-order valence-corrected chi connectivity index (χ3v) is 14.3. The number of benzene rings is 1. The predicted octanol–water partition coefficient (Wildman–Crippen LogP) is 9.52. The number of rotatable bonds is 4. The van der Waals surface area contributed by atoms with Crippen LogP contribution in [0.4, 0.5) is 17.6 Å². The first kappa shape index (κ1) is 31.6. The summed E-state index contributed by atoms with van der Waals surface area (Å²) in [4.78, 5) is 5.31. The average molecular weight is 608 g/mol. The summed E-state index contributed by atoms with van der Waals surface area (Å²) in [7, 11) is -2.21. The van der Waals surface area contributed by atoms with Gasteiger partial charge in [0.1, 0.15) is 11.9 Å². The highest BCUT2D eigenvalue weighted by atomic mass is 28.4. The van der Waals surface area contributed by atoms with Crippen LogP contribution < -0.4 is 0 Å². The number of alkyl halides is 3. The lowest BCUT2D eigenvalue weighted by molar-refractivity contribution is -0.140. The van der Waals surface area contributed by atoms with Gasteiger partial charge in [-0.2, -0.15) is 13.2 Å². The molecule has 9 heteroatoms. The Morgan fingerprint density at radius 2 is 1.69 bits per heavy atom. The van der Waals surface area contributed by atoms with E-state index in [1.165, 1.54) is 6.07 Å². The van der Waals surface area contributed by atoms with E-state index in [0.717, 1.165) is 53.1 Å². The largest absolute Gasteiger partial charge is 0.419 e. The summed E-state index contributed by atoms with van der Waals surface area (Å²) in [5.41, 5.74) is 3.23. The molecule has 0 amide bonds. The van der Waals surface area contributed by atoms with Crippen molar-refractivity contribution in [1.29, 1.82) is 0 Å². The zero-order chi connectivity index (χ0) is 31.0. The fourth-order valence-corrected chi connectivity index (χ4v) is 7.96. The van der Waals surface area contributed by atoms with Crippen molar-refractivity contribution in [3.05, 3.63) is 63.2 Å². The van der Waals surface area contributed by atoms with Gasteiger partial charge >= 0.3 is 6.18 Å². The molecular weight excluding hydrogens is 562 g/mol. The second kappa shape index (κ2) is 10.4. The second-order valence-electron chi connectivity index (χ2n) is 15.1. The topological polar surface area (TPSA) is 40.6 Å². The van der Waals surface area contributed by atoms with Crippen LogP contribution in [0.25, 0.3) is 0 Å². The Morgan fingerprint density at radius 3 is 2.24 bits per heavy atom. The Kier molecular flexibility index (Phi) is 7.81. The zero-order valence-electron chi connectivity index (χ0n) is 26.4. The number of halogens is 4. The summed E-state index contributed by atoms with van der Waals surface area (Å²) < 4.78 is 75.3. The van der Waals surface area contributed by atoms with E-state index >= 15 is 0 Å². The van der Waals surface area contributed by atoms with Crippen molar-refractivity contribution in [3.63, 3.8) is 0 Å². The maximum Gasteiger partial charge on any atom is 0.419 e. The molecule has 232 valence electrons. The maximum absolute atomic E-state index is 15.0. The van der Waals surface area contributed by atoms with E-state index < -0.39 is 37.6 Å². The number of fused-ring (bicyclic) bond motifs is 4. The normalized spacial score (nSPS) is 23.8. The molecule has 4 nitrogen and oxygen atoms in total. The van der Waals surface area contributed by atoms with Crippen molar-refractivity contribution in [3.8, 4) is 0 Å². The molecule has 3 heterocycles. The van der Waals surface area contributed by atoms with E-state index in [9.17, 15) is 17.6 Å². The summed E-state index contributed by atoms with van der Waals surface area (Å²) in [6.07, 6.45) is -2.89. The Bertz CT molecular complexity index is 1360. The minimum Gasteiger partial charge on any atom is -0.410 e. The van der Waals surface area contributed by atoms with Crippen LogP contribution in [0, 0.1) is 11.2 Å². The standard InChI is InChI=1S/C33H45F4NO3Si/c1-19(2)28-26-27(25-23(38-28)17-31(6,7)18-24(25)41-42(8,9)30(3,4)5)32(12-14-39-15-13-32)40-29(26)20-10-11-21(22(34)16-20)33(35,36)37/h10-11,16,19,24,29H,12-15,17-18H2,1-9H3/t24?,29-/m1/s1. The molecule has 1 aromatic heterocycles. The average Bonchev–Trinajstić information content (AvgIpc) is 3.15. The highest BCUT2D eigenvalue weighted by Gasteiger charge is 2.54. The van der Waals surface area contributed by atoms with Gasteiger partial charge in [-0.15, -0.1) is 0 Å². The van der Waals surface area contributed by atoms with E-state index in [1.54, 1.807) is 0 Å². The molecular formula is C33H45F4NO3Si. The van der Waals surface area contributed by atoms with Crippen molar-refractivity contribution in [2.75, 3.05) is 13.2 Å². The van der Waals surface area contributed by atoms with Gasteiger partial charge in [-0.05, 0) is 65.6 Å². The smallest absolute Gasteiger partial charge is 0.410 e. The van der Waals surface area contributed by atoms with Crippen LogP contribution in [-0.2, 0) is 32.1 Å². The summed E-state index contributed by atoms with van der Waals surface area (Å²) >= 11 is 0. The first-order valence-corrected chi connectivity index (χ1v) is 18.0. The van der Waals surface area contributed by atoms with Crippen LogP contribution in [0.5, 0.6) is 0 Å². The van der Waals surface area contributed by atoms with E-state index in [-0.39, 0.29) is 22.5 Å². The zero-order valence-corrected chi connectivity index (χ0v) is 27.4. The minimum atomic E-state index is -4.77. The summed E-state index contributed by atoms with van der Waals surface area (Å²) in [6, 6.07) is 3.18. The molecule has 5 rings (SSSR count). The third-order valence-electron chi connectivity index (χ3n) is 9.84. The molecule has 1 unspecified atom stereocenters. The predicted molar refractivity (Wildman–Crippen MR) is 158 cm³/mol. The molecule has 2 atom stereocenters. The fourth-order valence-electron chi connectivity index (χ4n) is 6.70. The number of nitrogens with zero attached hydrogens (tertiary/aromatic N) is 1. The number of ether oxygens (including phenoxy) is 2. The van der Waals surface area contributed by atoms with Crippen molar-refractivity contribution >= 4 is 8.32 Å². The van der Waals surface area contributed by atoms with E-state index in [2.05, 4.69) is 61.6 Å². The number of hydrogen-bond donors (Lipinski definition) is 0. The van der Waals surface area contributed by atoms with E-state index in [1.807, 2.05) is 0 Å². The summed E-state index contributed by atoms with van der Waals surface area (Å²) in [5.74, 6) is -1.27. The van der Waals surface area contributed by atoms with E-state index in [0.29, 0.717) is 31.6 Å². The Labute approximate surface area is 248 Å². The molecule has 2 aromatic rings. The summed E-state index contributed by atoms with van der Waals surface area (Å²) in [6.45, 7) is 20.9. The first-order chi connectivity index (χ1) is 19.3. The van der Waals surface area contributed by atoms with Gasteiger partial charge in [0.2, 0.25) is 0 Å². The first-order valence-electron chi connectivity index (χ1n) is 15.1. The molecule has 1 saturated heterocycles. The Hall–Kier alpha value is -1.81. The Morgan fingerprint density at radius 1 is 1.05 bits per heavy atom. The van der Waals surface area contributed by atoms with Crippen LogP contribution in [0.3, 0.4) is 0 Å². The second-order valence-corrected chi connectivity index (χ2v) is 19.8. The lowest BCUT2D eigenvalue weighted by Gasteiger charge is -2.46. The molecule has 1 aromatic carbocycles. The third kappa shape index (κ3) is 5.48. The lowest BCUT2D eigenvalue weighted by atomic mass is 9.70. The van der Waals surface area contributed by atoms with Crippen molar-refractivity contribution in [2.24, 2.45) is 5.41 Å². The quantitative estimate of drug-likeness (QED) is 0.256. The molecule has 0 N–H and O–H groups in total. The van der Waals surface area contributed by atoms with Gasteiger partial charge in [0, 0.05) is 48.6 Å². The molecule has 2 aliphatic heterocycles. The van der Waals surface area contributed by atoms with Crippen molar-refractivity contribution in [2.45, 2.75) is 122 Å². The van der Waals surface area contributed by atoms with Crippen LogP contribution >= 0.6 is 0 Å². The number of aromatic nitrogens is 1. The van der Waals surface area contributed by atoms with Gasteiger partial charge in [0.25, 0.3) is 0 Å². The maximum atomic E-state index is 15.0. The molecule has 1 spiro atoms. The highest BCUT2D eigenvalue weighted by molar-refractivity contribution is 6.74. The van der Waals surface area contributed by atoms with Gasteiger partial charge in [0.15, 0.2) is 8.32 Å². The van der Waals surface area contributed by atoms with Crippen LogP contribution in [0.1, 0.15) is 125 Å². The minimum absolute atomic E-state index is 0.00359. The molecule has 42 heavy (non-hydrogen) atoms. The fraction of sp³-hybridized carbons (Fsp3) is 0.667. The van der Waals surface area contributed by atoms with Gasteiger partial charge in [-0.1, -0.05) is 54.5 Å². The number of pyridine rings is 1. The SMILES string of the molecule is CC(C)c1nc2c(c3c1[C@@H](c1ccc(C(F)(F)F)c(F)c1)OC31CCOCC1)C(O[Si](C)(C)C(C)(C)C)CC(C)(C)C2. The molecule has 0 radical (unpaired) electrons. The van der Waals surface area contributed by atoms with Crippen molar-refractivity contribution < 1.29 is 31.5 Å². The molecule has 0 saturated carbocycles. The molecule has 1 aliphatic carbocycles. The van der Waals surface area contributed by atoms with E-state index in [4.69, 9.17) is 18.9 Å². The Balaban J connectivity index is 1.78. The van der Waals surface area contributed by atoms with Crippen LogP contribution in [0.15, 0.2) is 18.2 Å². The molecule has 0 bridgehead atoms. The van der Waals surface area contributed by atoms with Gasteiger partial charge < -0.3 is 13.9 Å². The number of hydrogen-bond acceptors (Lipinski definition) is 4. The van der Waals surface area contributed by atoms with Crippen LogP contribution in [-0.4, -0.2) is 26.5 Å². The molecule has 3 aliphatic rings. The van der Waals surface area contributed by atoms with Gasteiger partial charge in [0.05, 0.1) is 17.3 Å². The summed E-state index contributed by atoms with van der Waals surface area (Å²) in [5, 5.41) is -0.00359. The monoisotopic (exact) mass is 607 g/mol.